The lowest BCUT2D eigenvalue weighted by Crippen LogP contribution is -2.32. The summed E-state index contributed by atoms with van der Waals surface area (Å²) in [6.45, 7) is 3.60. The van der Waals surface area contributed by atoms with Crippen LogP contribution in [0.3, 0.4) is 0 Å². The normalized spacial score (nSPS) is 24.7. The van der Waals surface area contributed by atoms with Crippen molar-refractivity contribution in [2.75, 3.05) is 26.2 Å². The van der Waals surface area contributed by atoms with Crippen molar-refractivity contribution in [1.29, 1.82) is 0 Å². The lowest BCUT2D eigenvalue weighted by Gasteiger charge is -2.17. The fraction of sp³-hybridized carbons (Fsp3) is 0.500. The van der Waals surface area contributed by atoms with E-state index in [4.69, 9.17) is 0 Å². The van der Waals surface area contributed by atoms with Crippen LogP contribution in [-0.2, 0) is 11.2 Å². The van der Waals surface area contributed by atoms with E-state index in [0.717, 1.165) is 26.2 Å². The summed E-state index contributed by atoms with van der Waals surface area (Å²) in [7, 11) is 0. The van der Waals surface area contributed by atoms with Gasteiger partial charge in [-0.15, -0.1) is 0 Å². The van der Waals surface area contributed by atoms with Gasteiger partial charge in [-0.05, 0) is 17.4 Å². The highest BCUT2D eigenvalue weighted by Crippen LogP contribution is 2.26. The minimum atomic E-state index is -0.431. The van der Waals surface area contributed by atoms with E-state index in [0.29, 0.717) is 17.4 Å². The quantitative estimate of drug-likeness (QED) is 0.654. The Morgan fingerprint density at radius 2 is 2.05 bits per heavy atom. The van der Waals surface area contributed by atoms with E-state index in [1.807, 2.05) is 4.90 Å². The predicted molar refractivity (Wildman–Crippen MR) is 73.2 cm³/mol. The van der Waals surface area contributed by atoms with Gasteiger partial charge >= 0.3 is 0 Å². The largest absolute Gasteiger partial charge is 0.342 e. The van der Waals surface area contributed by atoms with Gasteiger partial charge in [-0.25, -0.2) is 0 Å². The lowest BCUT2D eigenvalue weighted by atomic mass is 10.0. The molecule has 0 aromatic heterocycles. The van der Waals surface area contributed by atoms with Gasteiger partial charge in [0.2, 0.25) is 5.91 Å². The molecule has 2 fully saturated rings. The summed E-state index contributed by atoms with van der Waals surface area (Å²) in [6.07, 6.45) is 0.245. The number of carbonyl (C=O) groups is 1. The maximum Gasteiger partial charge on any atom is 0.269 e. The molecule has 20 heavy (non-hydrogen) atoms. The zero-order valence-corrected chi connectivity index (χ0v) is 11.1. The fourth-order valence-electron chi connectivity index (χ4n) is 3.13. The second-order valence-corrected chi connectivity index (χ2v) is 5.58. The van der Waals surface area contributed by atoms with Crippen LogP contribution < -0.4 is 5.32 Å². The third-order valence-corrected chi connectivity index (χ3v) is 4.22. The van der Waals surface area contributed by atoms with Crippen LogP contribution in [0, 0.1) is 22.0 Å². The Kier molecular flexibility index (Phi) is 3.40. The first kappa shape index (κ1) is 13.1. The van der Waals surface area contributed by atoms with E-state index in [1.54, 1.807) is 12.1 Å². The Balaban J connectivity index is 1.64. The Hall–Kier alpha value is -1.95. The van der Waals surface area contributed by atoms with E-state index in [1.165, 1.54) is 12.1 Å². The topological polar surface area (TPSA) is 75.5 Å². The second-order valence-electron chi connectivity index (χ2n) is 5.58. The van der Waals surface area contributed by atoms with Crippen molar-refractivity contribution in [3.8, 4) is 0 Å². The van der Waals surface area contributed by atoms with Gasteiger partial charge in [-0.2, -0.15) is 0 Å². The molecule has 1 aromatic rings. The van der Waals surface area contributed by atoms with Crippen LogP contribution in [0.2, 0.25) is 0 Å². The Bertz CT molecular complexity index is 534. The van der Waals surface area contributed by atoms with Crippen molar-refractivity contribution in [2.45, 2.75) is 6.42 Å². The lowest BCUT2D eigenvalue weighted by molar-refractivity contribution is -0.384. The second kappa shape index (κ2) is 5.20. The number of benzene rings is 1. The minimum absolute atomic E-state index is 0.0396. The molecular formula is C14H17N3O3. The summed E-state index contributed by atoms with van der Waals surface area (Å²) in [4.78, 5) is 24.5. The molecule has 2 unspecified atom stereocenters. The molecular weight excluding hydrogens is 258 g/mol. The van der Waals surface area contributed by atoms with E-state index in [-0.39, 0.29) is 18.0 Å². The van der Waals surface area contributed by atoms with Gasteiger partial charge in [0.25, 0.3) is 5.69 Å². The highest BCUT2D eigenvalue weighted by molar-refractivity contribution is 5.79. The molecule has 1 aromatic carbocycles. The maximum atomic E-state index is 12.3. The number of non-ortho nitro benzene ring substituents is 1. The standard InChI is InChI=1S/C14H17N3O3/c18-14(16-8-11-6-15-7-12(11)9-16)5-10-2-1-3-13(4-10)17(19)20/h1-4,11-12,15H,5-9H2. The molecule has 1 N–H and O–H groups in total. The fourth-order valence-corrected chi connectivity index (χ4v) is 3.13. The van der Waals surface area contributed by atoms with Gasteiger partial charge in [-0.3, -0.25) is 14.9 Å². The molecule has 2 heterocycles. The monoisotopic (exact) mass is 275 g/mol. The van der Waals surface area contributed by atoms with Gasteiger partial charge in [0.05, 0.1) is 11.3 Å². The molecule has 2 aliphatic rings. The highest BCUT2D eigenvalue weighted by atomic mass is 16.6. The Labute approximate surface area is 116 Å². The van der Waals surface area contributed by atoms with Crippen molar-refractivity contribution >= 4 is 11.6 Å². The Morgan fingerprint density at radius 3 is 2.70 bits per heavy atom. The summed E-state index contributed by atoms with van der Waals surface area (Å²) >= 11 is 0. The molecule has 2 aliphatic heterocycles. The van der Waals surface area contributed by atoms with Crippen LogP contribution in [0.25, 0.3) is 0 Å². The number of fused-ring (bicyclic) bond motifs is 1. The molecule has 2 atom stereocenters. The number of nitro groups is 1. The number of nitro benzene ring substituents is 1. The number of rotatable bonds is 3. The number of likely N-dealkylation sites (tertiary alicyclic amines) is 1. The van der Waals surface area contributed by atoms with Crippen molar-refractivity contribution in [3.05, 3.63) is 39.9 Å². The van der Waals surface area contributed by atoms with E-state index in [2.05, 4.69) is 5.32 Å². The van der Waals surface area contributed by atoms with Crippen LogP contribution in [0.1, 0.15) is 5.56 Å². The van der Waals surface area contributed by atoms with Crippen molar-refractivity contribution < 1.29 is 9.72 Å². The molecule has 0 bridgehead atoms. The maximum absolute atomic E-state index is 12.3. The molecule has 106 valence electrons. The highest BCUT2D eigenvalue weighted by Gasteiger charge is 2.37. The number of hydrogen-bond acceptors (Lipinski definition) is 4. The molecule has 0 spiro atoms. The smallest absolute Gasteiger partial charge is 0.269 e. The van der Waals surface area contributed by atoms with Gasteiger partial charge in [0, 0.05) is 38.3 Å². The van der Waals surface area contributed by atoms with E-state index < -0.39 is 4.92 Å². The first-order valence-electron chi connectivity index (χ1n) is 6.85. The van der Waals surface area contributed by atoms with Crippen molar-refractivity contribution in [2.24, 2.45) is 11.8 Å². The van der Waals surface area contributed by atoms with Crippen LogP contribution in [0.15, 0.2) is 24.3 Å². The molecule has 6 nitrogen and oxygen atoms in total. The number of hydrogen-bond donors (Lipinski definition) is 1. The first-order chi connectivity index (χ1) is 9.63. The van der Waals surface area contributed by atoms with Crippen LogP contribution in [-0.4, -0.2) is 41.9 Å². The first-order valence-corrected chi connectivity index (χ1v) is 6.85. The average molecular weight is 275 g/mol. The van der Waals surface area contributed by atoms with Gasteiger partial charge in [0.1, 0.15) is 0 Å². The summed E-state index contributed by atoms with van der Waals surface area (Å²) < 4.78 is 0. The molecule has 0 radical (unpaired) electrons. The van der Waals surface area contributed by atoms with Gasteiger partial charge < -0.3 is 10.2 Å². The molecule has 0 saturated carbocycles. The Morgan fingerprint density at radius 1 is 1.35 bits per heavy atom. The van der Waals surface area contributed by atoms with Crippen LogP contribution >= 0.6 is 0 Å². The van der Waals surface area contributed by atoms with Gasteiger partial charge in [0.15, 0.2) is 0 Å². The van der Waals surface area contributed by atoms with E-state index >= 15 is 0 Å². The molecule has 2 saturated heterocycles. The van der Waals surface area contributed by atoms with Crippen LogP contribution in [0.5, 0.6) is 0 Å². The number of amides is 1. The predicted octanol–water partition coefficient (Wildman–Crippen LogP) is 0.815. The molecule has 6 heteroatoms. The molecule has 3 rings (SSSR count). The van der Waals surface area contributed by atoms with Gasteiger partial charge in [-0.1, -0.05) is 12.1 Å². The van der Waals surface area contributed by atoms with Crippen molar-refractivity contribution in [1.82, 2.24) is 10.2 Å². The van der Waals surface area contributed by atoms with E-state index in [9.17, 15) is 14.9 Å². The average Bonchev–Trinajstić information content (AvgIpc) is 2.99. The number of nitrogens with one attached hydrogen (secondary N) is 1. The van der Waals surface area contributed by atoms with Crippen molar-refractivity contribution in [3.63, 3.8) is 0 Å². The summed E-state index contributed by atoms with van der Waals surface area (Å²) in [5, 5.41) is 14.1. The molecule has 0 aliphatic carbocycles. The summed E-state index contributed by atoms with van der Waals surface area (Å²) in [5.74, 6) is 1.22. The third kappa shape index (κ3) is 2.51. The zero-order chi connectivity index (χ0) is 14.1. The zero-order valence-electron chi connectivity index (χ0n) is 11.1. The molecule has 1 amide bonds. The number of nitrogens with zero attached hydrogens (tertiary/aromatic N) is 2. The summed E-state index contributed by atoms with van der Waals surface area (Å²) in [6, 6.07) is 6.32. The van der Waals surface area contributed by atoms with Crippen LogP contribution in [0.4, 0.5) is 5.69 Å². The SMILES string of the molecule is O=C(Cc1cccc([N+](=O)[O-])c1)N1CC2CNCC2C1. The minimum Gasteiger partial charge on any atom is -0.342 e. The summed E-state index contributed by atoms with van der Waals surface area (Å²) in [5.41, 5.74) is 0.747. The third-order valence-electron chi connectivity index (χ3n) is 4.22. The number of carbonyl (C=O) groups excluding carboxylic acids is 1.